The van der Waals surface area contributed by atoms with E-state index in [9.17, 15) is 22.4 Å². The summed E-state index contributed by atoms with van der Waals surface area (Å²) >= 11 is 0. The third-order valence-electron chi connectivity index (χ3n) is 2.27. The van der Waals surface area contributed by atoms with E-state index in [1.54, 1.807) is 0 Å². The maximum atomic E-state index is 12.9. The van der Waals surface area contributed by atoms with Gasteiger partial charge in [0.05, 0.1) is 12.3 Å². The van der Waals surface area contributed by atoms with Crippen molar-refractivity contribution in [1.82, 2.24) is 0 Å². The lowest BCUT2D eigenvalue weighted by Crippen LogP contribution is -2.28. The van der Waals surface area contributed by atoms with Crippen molar-refractivity contribution in [3.05, 3.63) is 24.0 Å². The van der Waals surface area contributed by atoms with Gasteiger partial charge in [0.25, 0.3) is 0 Å². The summed E-state index contributed by atoms with van der Waals surface area (Å²) in [6, 6.07) is 3.44. The van der Waals surface area contributed by atoms with Gasteiger partial charge in [0.15, 0.2) is 9.84 Å². The van der Waals surface area contributed by atoms with Crippen LogP contribution in [0.3, 0.4) is 0 Å². The van der Waals surface area contributed by atoms with E-state index in [0.29, 0.717) is 0 Å². The first-order valence-corrected chi connectivity index (χ1v) is 7.76. The SMILES string of the molecule is CCOC(=O)CS(=O)(=O)CC(=O)Nc1ccc(F)c(N)c1. The smallest absolute Gasteiger partial charge is 0.321 e. The number of hydrogen-bond acceptors (Lipinski definition) is 6. The summed E-state index contributed by atoms with van der Waals surface area (Å²) < 4.78 is 40.6. The molecule has 21 heavy (non-hydrogen) atoms. The van der Waals surface area contributed by atoms with Gasteiger partial charge in [-0.3, -0.25) is 9.59 Å². The number of esters is 1. The molecule has 0 aliphatic carbocycles. The number of ether oxygens (including phenoxy) is 1. The third-order valence-corrected chi connectivity index (χ3v) is 3.65. The van der Waals surface area contributed by atoms with Crippen molar-refractivity contribution in [1.29, 1.82) is 0 Å². The van der Waals surface area contributed by atoms with Crippen LogP contribution in [0.4, 0.5) is 15.8 Å². The first kappa shape index (κ1) is 16.9. The van der Waals surface area contributed by atoms with E-state index >= 15 is 0 Å². The number of anilines is 2. The zero-order valence-electron chi connectivity index (χ0n) is 11.3. The molecule has 1 amide bonds. The van der Waals surface area contributed by atoms with E-state index in [0.717, 1.165) is 12.1 Å². The summed E-state index contributed by atoms with van der Waals surface area (Å²) in [6.07, 6.45) is 0. The molecule has 1 aromatic rings. The van der Waals surface area contributed by atoms with E-state index in [1.165, 1.54) is 13.0 Å². The second-order valence-electron chi connectivity index (χ2n) is 4.12. The number of carbonyl (C=O) groups is 2. The zero-order chi connectivity index (χ0) is 16.0. The molecule has 7 nitrogen and oxygen atoms in total. The Hall–Kier alpha value is -2.16. The van der Waals surface area contributed by atoms with Crippen LogP contribution in [0.25, 0.3) is 0 Å². The van der Waals surface area contributed by atoms with Crippen molar-refractivity contribution >= 4 is 33.1 Å². The van der Waals surface area contributed by atoms with Crippen LogP contribution in [-0.4, -0.2) is 38.4 Å². The Kier molecular flexibility index (Phi) is 5.65. The van der Waals surface area contributed by atoms with Crippen LogP contribution in [0.5, 0.6) is 0 Å². The van der Waals surface area contributed by atoms with Gasteiger partial charge in [-0.2, -0.15) is 0 Å². The number of nitrogen functional groups attached to an aromatic ring is 1. The van der Waals surface area contributed by atoms with Crippen LogP contribution in [0.15, 0.2) is 18.2 Å². The maximum Gasteiger partial charge on any atom is 0.321 e. The molecule has 1 aromatic carbocycles. The fourth-order valence-electron chi connectivity index (χ4n) is 1.45. The number of amides is 1. The Morgan fingerprint density at radius 3 is 2.57 bits per heavy atom. The summed E-state index contributed by atoms with van der Waals surface area (Å²) in [5, 5.41) is 2.25. The van der Waals surface area contributed by atoms with Crippen molar-refractivity contribution in [3.63, 3.8) is 0 Å². The predicted molar refractivity (Wildman–Crippen MR) is 74.7 cm³/mol. The number of nitrogens with one attached hydrogen (secondary N) is 1. The fraction of sp³-hybridized carbons (Fsp3) is 0.333. The number of sulfone groups is 1. The van der Waals surface area contributed by atoms with Gasteiger partial charge in [0.1, 0.15) is 17.3 Å². The topological polar surface area (TPSA) is 116 Å². The summed E-state index contributed by atoms with van der Waals surface area (Å²) in [6.45, 7) is 1.59. The Morgan fingerprint density at radius 1 is 1.33 bits per heavy atom. The number of rotatable bonds is 6. The number of nitrogens with two attached hydrogens (primary N) is 1. The maximum absolute atomic E-state index is 12.9. The lowest BCUT2D eigenvalue weighted by molar-refractivity contribution is -0.139. The van der Waals surface area contributed by atoms with E-state index < -0.39 is 39.0 Å². The van der Waals surface area contributed by atoms with E-state index in [2.05, 4.69) is 10.1 Å². The molecule has 0 heterocycles. The van der Waals surface area contributed by atoms with E-state index in [4.69, 9.17) is 5.73 Å². The fourth-order valence-corrected chi connectivity index (χ4v) is 2.47. The average Bonchev–Trinajstić information content (AvgIpc) is 2.32. The molecular formula is C12H15FN2O5S. The van der Waals surface area contributed by atoms with Gasteiger partial charge in [-0.1, -0.05) is 0 Å². The highest BCUT2D eigenvalue weighted by molar-refractivity contribution is 7.92. The lowest BCUT2D eigenvalue weighted by atomic mass is 10.2. The molecular weight excluding hydrogens is 303 g/mol. The molecule has 0 aromatic heterocycles. The van der Waals surface area contributed by atoms with Gasteiger partial charge in [-0.15, -0.1) is 0 Å². The monoisotopic (exact) mass is 318 g/mol. The lowest BCUT2D eigenvalue weighted by Gasteiger charge is -2.07. The minimum atomic E-state index is -3.93. The van der Waals surface area contributed by atoms with Crippen LogP contribution >= 0.6 is 0 Å². The van der Waals surface area contributed by atoms with Gasteiger partial charge >= 0.3 is 5.97 Å². The standard InChI is InChI=1S/C12H15FN2O5S/c1-2-20-12(17)7-21(18,19)6-11(16)15-8-3-4-9(13)10(14)5-8/h3-5H,2,6-7,14H2,1H3,(H,15,16). The van der Waals surface area contributed by atoms with Crippen molar-refractivity contribution in [2.45, 2.75) is 6.92 Å². The quantitative estimate of drug-likeness (QED) is 0.576. The second-order valence-corrected chi connectivity index (χ2v) is 6.19. The molecule has 0 spiro atoms. The second kappa shape index (κ2) is 7.02. The van der Waals surface area contributed by atoms with Crippen LogP contribution in [0.1, 0.15) is 6.92 Å². The molecule has 9 heteroatoms. The van der Waals surface area contributed by atoms with Gasteiger partial charge < -0.3 is 15.8 Å². The van der Waals surface area contributed by atoms with Crippen LogP contribution in [0, 0.1) is 5.82 Å². The minimum absolute atomic E-state index is 0.0510. The average molecular weight is 318 g/mol. The first-order chi connectivity index (χ1) is 9.73. The van der Waals surface area contributed by atoms with Crippen molar-refractivity contribution in [2.75, 3.05) is 29.2 Å². The highest BCUT2D eigenvalue weighted by Gasteiger charge is 2.21. The van der Waals surface area contributed by atoms with Crippen molar-refractivity contribution in [2.24, 2.45) is 0 Å². The van der Waals surface area contributed by atoms with Gasteiger partial charge in [0, 0.05) is 5.69 Å². The molecule has 116 valence electrons. The molecule has 0 saturated carbocycles. The number of hydrogen-bond donors (Lipinski definition) is 2. The Bertz CT molecular complexity index is 645. The molecule has 0 unspecified atom stereocenters. The molecule has 0 radical (unpaired) electrons. The van der Waals surface area contributed by atoms with Gasteiger partial charge in [0.2, 0.25) is 5.91 Å². The largest absolute Gasteiger partial charge is 0.465 e. The Labute approximate surface area is 121 Å². The van der Waals surface area contributed by atoms with Crippen molar-refractivity contribution < 1.29 is 27.1 Å². The molecule has 0 fully saturated rings. The molecule has 1 rings (SSSR count). The van der Waals surface area contributed by atoms with Crippen LogP contribution in [0.2, 0.25) is 0 Å². The first-order valence-electron chi connectivity index (χ1n) is 5.94. The summed E-state index contributed by atoms with van der Waals surface area (Å²) in [5.74, 6) is -4.19. The zero-order valence-corrected chi connectivity index (χ0v) is 12.1. The number of carbonyl (C=O) groups excluding carboxylic acids is 2. The molecule has 0 aliphatic heterocycles. The van der Waals surface area contributed by atoms with Gasteiger partial charge in [-0.05, 0) is 25.1 Å². The Balaban J connectivity index is 2.64. The molecule has 3 N–H and O–H groups in total. The summed E-state index contributed by atoms with van der Waals surface area (Å²) in [7, 11) is -3.93. The number of benzene rings is 1. The van der Waals surface area contributed by atoms with Crippen molar-refractivity contribution in [3.8, 4) is 0 Å². The molecule has 0 bridgehead atoms. The van der Waals surface area contributed by atoms with Gasteiger partial charge in [-0.25, -0.2) is 12.8 Å². The van der Waals surface area contributed by atoms with Crippen LogP contribution in [-0.2, 0) is 24.2 Å². The third kappa shape index (κ3) is 5.78. The minimum Gasteiger partial charge on any atom is -0.465 e. The van der Waals surface area contributed by atoms with Crippen LogP contribution < -0.4 is 11.1 Å². The molecule has 0 saturated heterocycles. The Morgan fingerprint density at radius 2 is 2.00 bits per heavy atom. The predicted octanol–water partition coefficient (Wildman–Crippen LogP) is 0.324. The highest BCUT2D eigenvalue weighted by atomic mass is 32.2. The highest BCUT2D eigenvalue weighted by Crippen LogP contribution is 2.16. The molecule has 0 atom stereocenters. The summed E-state index contributed by atoms with van der Waals surface area (Å²) in [5.41, 5.74) is 5.30. The van der Waals surface area contributed by atoms with E-state index in [-0.39, 0.29) is 18.0 Å². The normalized spacial score (nSPS) is 11.0. The number of halogens is 1. The summed E-state index contributed by atoms with van der Waals surface area (Å²) in [4.78, 5) is 22.7. The molecule has 0 aliphatic rings. The van der Waals surface area contributed by atoms with E-state index in [1.807, 2.05) is 0 Å².